The Bertz CT molecular complexity index is 543. The van der Waals surface area contributed by atoms with Gasteiger partial charge in [0.15, 0.2) is 6.54 Å². The van der Waals surface area contributed by atoms with Crippen molar-refractivity contribution >= 4 is 40.8 Å². The lowest BCUT2D eigenvalue weighted by molar-refractivity contribution is -0.897. The summed E-state index contributed by atoms with van der Waals surface area (Å²) in [5, 5.41) is 14.2. The van der Waals surface area contributed by atoms with Crippen LogP contribution in [0.4, 0.5) is 5.69 Å². The number of halogens is 2. The normalized spacial score (nSPS) is 21.8. The number of nitrogens with one attached hydrogen (secondary N) is 2. The molecule has 0 aromatic heterocycles. The van der Waals surface area contributed by atoms with Crippen molar-refractivity contribution in [1.29, 1.82) is 0 Å². The summed E-state index contributed by atoms with van der Waals surface area (Å²) in [6, 6.07) is 5.04. The van der Waals surface area contributed by atoms with Crippen molar-refractivity contribution < 1.29 is 19.6 Å². The van der Waals surface area contributed by atoms with Gasteiger partial charge in [0, 0.05) is 24.7 Å². The second-order valence-corrected chi connectivity index (χ2v) is 5.95. The Labute approximate surface area is 132 Å². The fourth-order valence-electron chi connectivity index (χ4n) is 2.46. The van der Waals surface area contributed by atoms with Crippen molar-refractivity contribution in [3.05, 3.63) is 28.2 Å². The first-order valence-electron chi connectivity index (χ1n) is 6.75. The molecule has 0 atom stereocenters. The first kappa shape index (κ1) is 16.1. The van der Waals surface area contributed by atoms with Crippen LogP contribution in [0.5, 0.6) is 0 Å². The van der Waals surface area contributed by atoms with Crippen molar-refractivity contribution in [2.75, 3.05) is 25.0 Å². The zero-order valence-electron chi connectivity index (χ0n) is 11.3. The molecule has 1 aromatic rings. The van der Waals surface area contributed by atoms with Crippen LogP contribution in [0.3, 0.4) is 0 Å². The molecule has 1 saturated heterocycles. The minimum atomic E-state index is -0.996. The van der Waals surface area contributed by atoms with Gasteiger partial charge in [0.1, 0.15) is 0 Å². The number of amides is 1. The van der Waals surface area contributed by atoms with Gasteiger partial charge >= 0.3 is 0 Å². The average Bonchev–Trinajstić information content (AvgIpc) is 2.44. The van der Waals surface area contributed by atoms with Crippen LogP contribution in [-0.4, -0.2) is 31.5 Å². The van der Waals surface area contributed by atoms with E-state index < -0.39 is 5.97 Å². The third-order valence-corrected chi connectivity index (χ3v) is 4.48. The number of likely N-dealkylation sites (tertiary alicyclic amines) is 1. The standard InChI is InChI=1S/C14H16Cl2N2O3/c15-10-2-1-3-11(13(10)16)17-12(19)8-18-6-4-9(5-7-18)14(20)21/h1-3,9H,4-8H2,(H,17,19)(H,20,21). The third kappa shape index (κ3) is 4.33. The minimum Gasteiger partial charge on any atom is -0.550 e. The highest BCUT2D eigenvalue weighted by Crippen LogP contribution is 2.29. The number of carbonyl (C=O) groups excluding carboxylic acids is 2. The lowest BCUT2D eigenvalue weighted by Crippen LogP contribution is -3.14. The summed E-state index contributed by atoms with van der Waals surface area (Å²) < 4.78 is 0. The van der Waals surface area contributed by atoms with Crippen LogP contribution in [0.1, 0.15) is 12.8 Å². The second kappa shape index (κ2) is 7.11. The lowest BCUT2D eigenvalue weighted by atomic mass is 9.97. The molecule has 1 aliphatic heterocycles. The monoisotopic (exact) mass is 330 g/mol. The van der Waals surface area contributed by atoms with Gasteiger partial charge in [0.25, 0.3) is 5.91 Å². The smallest absolute Gasteiger partial charge is 0.279 e. The molecule has 0 spiro atoms. The van der Waals surface area contributed by atoms with E-state index >= 15 is 0 Å². The molecule has 2 rings (SSSR count). The van der Waals surface area contributed by atoms with Crippen LogP contribution in [0.2, 0.25) is 10.0 Å². The van der Waals surface area contributed by atoms with E-state index in [0.717, 1.165) is 4.90 Å². The highest BCUT2D eigenvalue weighted by molar-refractivity contribution is 6.43. The molecule has 1 aromatic carbocycles. The fourth-order valence-corrected chi connectivity index (χ4v) is 2.81. The van der Waals surface area contributed by atoms with E-state index in [2.05, 4.69) is 5.32 Å². The van der Waals surface area contributed by atoms with Gasteiger partial charge in [-0.15, -0.1) is 0 Å². The first-order valence-corrected chi connectivity index (χ1v) is 7.51. The number of aliphatic carboxylic acids is 1. The van der Waals surface area contributed by atoms with Gasteiger partial charge in [-0.05, 0) is 12.1 Å². The van der Waals surface area contributed by atoms with Gasteiger partial charge in [0.2, 0.25) is 0 Å². The van der Waals surface area contributed by atoms with Crippen molar-refractivity contribution in [3.8, 4) is 0 Å². The third-order valence-electron chi connectivity index (χ3n) is 3.66. The van der Waals surface area contributed by atoms with E-state index in [1.54, 1.807) is 18.2 Å². The van der Waals surface area contributed by atoms with Crippen LogP contribution in [0, 0.1) is 5.92 Å². The molecule has 1 fully saturated rings. The molecule has 1 aliphatic rings. The van der Waals surface area contributed by atoms with Crippen molar-refractivity contribution in [2.24, 2.45) is 5.92 Å². The quantitative estimate of drug-likeness (QED) is 0.814. The summed E-state index contributed by atoms with van der Waals surface area (Å²) in [6.07, 6.45) is 1.09. The highest BCUT2D eigenvalue weighted by Gasteiger charge is 2.24. The molecule has 2 N–H and O–H groups in total. The molecular formula is C14H16Cl2N2O3. The lowest BCUT2D eigenvalue weighted by Gasteiger charge is -2.29. The molecule has 114 valence electrons. The summed E-state index contributed by atoms with van der Waals surface area (Å²) in [7, 11) is 0. The Morgan fingerprint density at radius 3 is 2.57 bits per heavy atom. The Morgan fingerprint density at radius 2 is 1.95 bits per heavy atom. The molecule has 0 radical (unpaired) electrons. The maximum atomic E-state index is 12.0. The highest BCUT2D eigenvalue weighted by atomic mass is 35.5. The molecule has 7 heteroatoms. The number of anilines is 1. The molecule has 1 heterocycles. The van der Waals surface area contributed by atoms with Crippen molar-refractivity contribution in [2.45, 2.75) is 12.8 Å². The van der Waals surface area contributed by atoms with E-state index in [1.807, 2.05) is 0 Å². The molecule has 0 unspecified atom stereocenters. The summed E-state index contributed by atoms with van der Waals surface area (Å²) in [4.78, 5) is 23.8. The van der Waals surface area contributed by atoms with Crippen LogP contribution in [0.25, 0.3) is 0 Å². The molecule has 0 aliphatic carbocycles. The van der Waals surface area contributed by atoms with Gasteiger partial charge in [-0.2, -0.15) is 0 Å². The number of carbonyl (C=O) groups is 2. The largest absolute Gasteiger partial charge is 0.550 e. The number of quaternary nitrogens is 1. The number of hydrogen-bond acceptors (Lipinski definition) is 3. The maximum absolute atomic E-state index is 12.0. The van der Waals surface area contributed by atoms with Gasteiger partial charge in [-0.25, -0.2) is 0 Å². The Hall–Kier alpha value is -1.30. The SMILES string of the molecule is O=C(C[NH+]1CCC(C(=O)[O-])CC1)Nc1cccc(Cl)c1Cl. The van der Waals surface area contributed by atoms with Gasteiger partial charge < -0.3 is 20.1 Å². The summed E-state index contributed by atoms with van der Waals surface area (Å²) in [5.41, 5.74) is 0.484. The van der Waals surface area contributed by atoms with Crippen molar-refractivity contribution in [1.82, 2.24) is 0 Å². The predicted molar refractivity (Wildman–Crippen MR) is 78.4 cm³/mol. The van der Waals surface area contributed by atoms with Crippen molar-refractivity contribution in [3.63, 3.8) is 0 Å². The number of piperidine rings is 1. The van der Waals surface area contributed by atoms with Gasteiger partial charge in [-0.3, -0.25) is 4.79 Å². The summed E-state index contributed by atoms with van der Waals surface area (Å²) in [6.45, 7) is 1.58. The maximum Gasteiger partial charge on any atom is 0.279 e. The Morgan fingerprint density at radius 1 is 1.29 bits per heavy atom. The van der Waals surface area contributed by atoms with Crippen LogP contribution in [0.15, 0.2) is 18.2 Å². The zero-order valence-corrected chi connectivity index (χ0v) is 12.8. The summed E-state index contributed by atoms with van der Waals surface area (Å²) >= 11 is 11.9. The van der Waals surface area contributed by atoms with Gasteiger partial charge in [-0.1, -0.05) is 29.3 Å². The molecule has 0 bridgehead atoms. The Kier molecular flexibility index (Phi) is 5.45. The average molecular weight is 331 g/mol. The molecule has 1 amide bonds. The number of carboxylic acids is 1. The second-order valence-electron chi connectivity index (χ2n) is 5.17. The van der Waals surface area contributed by atoms with E-state index in [9.17, 15) is 14.7 Å². The van der Waals surface area contributed by atoms with Gasteiger partial charge in [0.05, 0.1) is 28.8 Å². The first-order chi connectivity index (χ1) is 9.97. The number of carboxylic acid groups (broad SMARTS) is 1. The van der Waals surface area contributed by atoms with Crippen LogP contribution < -0.4 is 15.3 Å². The topological polar surface area (TPSA) is 73.7 Å². The zero-order chi connectivity index (χ0) is 15.4. The fraction of sp³-hybridized carbons (Fsp3) is 0.429. The Balaban J connectivity index is 1.86. The van der Waals surface area contributed by atoms with E-state index in [-0.39, 0.29) is 18.4 Å². The number of benzene rings is 1. The molecule has 5 nitrogen and oxygen atoms in total. The van der Waals surface area contributed by atoms with Crippen LogP contribution >= 0.6 is 23.2 Å². The van der Waals surface area contributed by atoms with E-state index in [0.29, 0.717) is 41.7 Å². The van der Waals surface area contributed by atoms with Crippen LogP contribution in [-0.2, 0) is 9.59 Å². The number of rotatable bonds is 4. The molecular weight excluding hydrogens is 315 g/mol. The predicted octanol–water partition coefficient (Wildman–Crippen LogP) is -0.0233. The van der Waals surface area contributed by atoms with E-state index in [4.69, 9.17) is 23.2 Å². The molecule has 0 saturated carbocycles. The van der Waals surface area contributed by atoms with E-state index in [1.165, 1.54) is 0 Å². The molecule has 21 heavy (non-hydrogen) atoms. The summed E-state index contributed by atoms with van der Waals surface area (Å²) in [5.74, 6) is -1.55. The number of hydrogen-bond donors (Lipinski definition) is 2. The minimum absolute atomic E-state index is 0.166.